The van der Waals surface area contributed by atoms with Crippen LogP contribution in [-0.2, 0) is 6.42 Å². The number of halogens is 1. The average Bonchev–Trinajstić information content (AvgIpc) is 2.28. The van der Waals surface area contributed by atoms with Gasteiger partial charge in [-0.15, -0.1) is 0 Å². The van der Waals surface area contributed by atoms with E-state index in [1.807, 2.05) is 0 Å². The molecule has 0 aromatic heterocycles. The highest BCUT2D eigenvalue weighted by Crippen LogP contribution is 2.29. The first-order valence-corrected chi connectivity index (χ1v) is 3.90. The van der Waals surface area contributed by atoms with Gasteiger partial charge in [-0.3, -0.25) is 0 Å². The minimum atomic E-state index is -0.554. The largest absolute Gasteiger partial charge is 0.391 e. The van der Waals surface area contributed by atoms with E-state index in [4.69, 9.17) is 5.73 Å². The lowest BCUT2D eigenvalue weighted by molar-refractivity contribution is 0.158. The number of fused-ring (bicyclic) bond motifs is 1. The Morgan fingerprint density at radius 3 is 3.00 bits per heavy atom. The summed E-state index contributed by atoms with van der Waals surface area (Å²) in [7, 11) is 0. The molecule has 12 heavy (non-hydrogen) atoms. The lowest BCUT2D eigenvalue weighted by Gasteiger charge is -2.07. The molecule has 1 aromatic rings. The average molecular weight is 167 g/mol. The number of hydrogen-bond donors (Lipinski definition) is 2. The van der Waals surface area contributed by atoms with Crippen molar-refractivity contribution in [2.45, 2.75) is 18.6 Å². The molecule has 1 aliphatic carbocycles. The van der Waals surface area contributed by atoms with Crippen LogP contribution in [0.4, 0.5) is 4.39 Å². The Labute approximate surface area is 69.8 Å². The summed E-state index contributed by atoms with van der Waals surface area (Å²) in [6.07, 6.45) is -0.0874. The number of aliphatic hydroxyl groups is 1. The molecule has 0 radical (unpaired) electrons. The van der Waals surface area contributed by atoms with Gasteiger partial charge in [-0.25, -0.2) is 4.39 Å². The van der Waals surface area contributed by atoms with Crippen LogP contribution < -0.4 is 5.73 Å². The minimum absolute atomic E-state index is 0.268. The van der Waals surface area contributed by atoms with Gasteiger partial charge in [0.15, 0.2) is 0 Å². The molecule has 2 nitrogen and oxygen atoms in total. The molecule has 1 aliphatic rings. The van der Waals surface area contributed by atoms with Crippen LogP contribution in [-0.4, -0.2) is 11.2 Å². The molecule has 3 heteroatoms. The van der Waals surface area contributed by atoms with E-state index < -0.39 is 6.10 Å². The minimum Gasteiger partial charge on any atom is -0.391 e. The van der Waals surface area contributed by atoms with E-state index in [2.05, 4.69) is 0 Å². The zero-order valence-corrected chi connectivity index (χ0v) is 6.50. The summed E-state index contributed by atoms with van der Waals surface area (Å²) >= 11 is 0. The predicted octanol–water partition coefficient (Wildman–Crippen LogP) is 0.743. The maximum atomic E-state index is 12.7. The maximum absolute atomic E-state index is 12.7. The van der Waals surface area contributed by atoms with Crippen LogP contribution in [0.2, 0.25) is 0 Å². The number of rotatable bonds is 0. The van der Waals surface area contributed by atoms with E-state index in [-0.39, 0.29) is 11.9 Å². The van der Waals surface area contributed by atoms with Crippen molar-refractivity contribution in [2.75, 3.05) is 0 Å². The first-order chi connectivity index (χ1) is 5.68. The monoisotopic (exact) mass is 167 g/mol. The predicted molar refractivity (Wildman–Crippen MR) is 43.0 cm³/mol. The second-order valence-electron chi connectivity index (χ2n) is 3.14. The van der Waals surface area contributed by atoms with Crippen LogP contribution in [0.3, 0.4) is 0 Å². The highest BCUT2D eigenvalue weighted by Gasteiger charge is 2.27. The molecule has 1 aromatic carbocycles. The topological polar surface area (TPSA) is 46.2 Å². The maximum Gasteiger partial charge on any atom is 0.123 e. The SMILES string of the molecule is NC1c2ccc(F)cc2CC1O. The van der Waals surface area contributed by atoms with E-state index >= 15 is 0 Å². The van der Waals surface area contributed by atoms with Gasteiger partial charge >= 0.3 is 0 Å². The molecule has 0 aliphatic heterocycles. The summed E-state index contributed by atoms with van der Waals surface area (Å²) in [4.78, 5) is 0. The summed E-state index contributed by atoms with van der Waals surface area (Å²) in [5.41, 5.74) is 7.36. The summed E-state index contributed by atoms with van der Waals surface area (Å²) < 4.78 is 12.7. The number of nitrogens with two attached hydrogens (primary N) is 1. The fourth-order valence-corrected chi connectivity index (χ4v) is 1.64. The fourth-order valence-electron chi connectivity index (χ4n) is 1.64. The second kappa shape index (κ2) is 2.54. The molecule has 0 saturated carbocycles. The van der Waals surface area contributed by atoms with Crippen molar-refractivity contribution in [3.8, 4) is 0 Å². The van der Waals surface area contributed by atoms with Crippen LogP contribution in [0.1, 0.15) is 17.2 Å². The molecule has 0 amide bonds. The van der Waals surface area contributed by atoms with Gasteiger partial charge in [0, 0.05) is 6.42 Å². The van der Waals surface area contributed by atoms with Crippen molar-refractivity contribution < 1.29 is 9.50 Å². The summed E-state index contributed by atoms with van der Waals surface area (Å²) in [5, 5.41) is 9.36. The lowest BCUT2D eigenvalue weighted by atomic mass is 10.1. The summed E-state index contributed by atoms with van der Waals surface area (Å²) in [6, 6.07) is 4.11. The van der Waals surface area contributed by atoms with E-state index in [1.54, 1.807) is 6.07 Å². The molecular formula is C9H10FNO. The van der Waals surface area contributed by atoms with Crippen molar-refractivity contribution in [1.82, 2.24) is 0 Å². The zero-order valence-electron chi connectivity index (χ0n) is 6.50. The van der Waals surface area contributed by atoms with Crippen molar-refractivity contribution in [3.63, 3.8) is 0 Å². The molecular weight excluding hydrogens is 157 g/mol. The van der Waals surface area contributed by atoms with E-state index in [0.29, 0.717) is 6.42 Å². The first kappa shape index (κ1) is 7.71. The highest BCUT2D eigenvalue weighted by atomic mass is 19.1. The molecule has 0 fully saturated rings. The van der Waals surface area contributed by atoms with Gasteiger partial charge in [0.25, 0.3) is 0 Å². The van der Waals surface area contributed by atoms with Crippen LogP contribution in [0.5, 0.6) is 0 Å². The van der Waals surface area contributed by atoms with Gasteiger partial charge in [0.05, 0.1) is 12.1 Å². The standard InChI is InChI=1S/C9H10FNO/c10-6-1-2-7-5(3-6)4-8(12)9(7)11/h1-3,8-9,12H,4,11H2. The zero-order chi connectivity index (χ0) is 8.72. The fraction of sp³-hybridized carbons (Fsp3) is 0.333. The Hall–Kier alpha value is -0.930. The van der Waals surface area contributed by atoms with E-state index in [9.17, 15) is 9.50 Å². The molecule has 2 atom stereocenters. The normalized spacial score (nSPS) is 27.2. The number of benzene rings is 1. The van der Waals surface area contributed by atoms with Crippen LogP contribution in [0, 0.1) is 5.82 Å². The molecule has 0 heterocycles. The molecule has 0 saturated heterocycles. The quantitative estimate of drug-likeness (QED) is 0.598. The molecule has 2 unspecified atom stereocenters. The Bertz CT molecular complexity index is 313. The van der Waals surface area contributed by atoms with Gasteiger partial charge in [-0.1, -0.05) is 6.07 Å². The van der Waals surface area contributed by atoms with E-state index in [0.717, 1.165) is 11.1 Å². The van der Waals surface area contributed by atoms with Crippen LogP contribution in [0.25, 0.3) is 0 Å². The molecule has 0 bridgehead atoms. The van der Waals surface area contributed by atoms with E-state index in [1.165, 1.54) is 12.1 Å². The molecule has 2 rings (SSSR count). The second-order valence-corrected chi connectivity index (χ2v) is 3.14. The smallest absolute Gasteiger partial charge is 0.123 e. The van der Waals surface area contributed by atoms with Crippen molar-refractivity contribution >= 4 is 0 Å². The molecule has 0 spiro atoms. The van der Waals surface area contributed by atoms with Crippen molar-refractivity contribution in [2.24, 2.45) is 5.73 Å². The third-order valence-corrected chi connectivity index (χ3v) is 2.31. The Balaban J connectivity index is 2.47. The van der Waals surface area contributed by atoms with Gasteiger partial charge in [-0.05, 0) is 23.3 Å². The number of hydrogen-bond acceptors (Lipinski definition) is 2. The summed E-state index contributed by atoms with van der Waals surface area (Å²) in [6.45, 7) is 0. The van der Waals surface area contributed by atoms with Gasteiger partial charge in [0.2, 0.25) is 0 Å². The van der Waals surface area contributed by atoms with Gasteiger partial charge in [0.1, 0.15) is 5.82 Å². The van der Waals surface area contributed by atoms with Crippen LogP contribution in [0.15, 0.2) is 18.2 Å². The molecule has 3 N–H and O–H groups in total. The van der Waals surface area contributed by atoms with Crippen LogP contribution >= 0.6 is 0 Å². The highest BCUT2D eigenvalue weighted by molar-refractivity contribution is 5.36. The number of aliphatic hydroxyl groups excluding tert-OH is 1. The molecule has 64 valence electrons. The van der Waals surface area contributed by atoms with Gasteiger partial charge < -0.3 is 10.8 Å². The third kappa shape index (κ3) is 1.02. The van der Waals surface area contributed by atoms with Crippen molar-refractivity contribution in [1.29, 1.82) is 0 Å². The third-order valence-electron chi connectivity index (χ3n) is 2.31. The first-order valence-electron chi connectivity index (χ1n) is 3.90. The Morgan fingerprint density at radius 2 is 2.25 bits per heavy atom. The Kier molecular flexibility index (Phi) is 1.63. The van der Waals surface area contributed by atoms with Crippen molar-refractivity contribution in [3.05, 3.63) is 35.1 Å². The lowest BCUT2D eigenvalue weighted by Crippen LogP contribution is -2.21. The summed E-state index contributed by atoms with van der Waals surface area (Å²) in [5.74, 6) is -0.268. The van der Waals surface area contributed by atoms with Gasteiger partial charge in [-0.2, -0.15) is 0 Å². The Morgan fingerprint density at radius 1 is 1.50 bits per heavy atom.